The summed E-state index contributed by atoms with van der Waals surface area (Å²) in [5, 5.41) is 15.5. The van der Waals surface area contributed by atoms with E-state index in [0.717, 1.165) is 25.7 Å². The maximum Gasteiger partial charge on any atom is 0.314 e. The minimum atomic E-state index is -0.356. The van der Waals surface area contributed by atoms with Crippen molar-refractivity contribution in [2.45, 2.75) is 38.2 Å². The van der Waals surface area contributed by atoms with Crippen molar-refractivity contribution in [2.75, 3.05) is 13.1 Å². The van der Waals surface area contributed by atoms with Gasteiger partial charge in [-0.1, -0.05) is 24.1 Å². The van der Waals surface area contributed by atoms with Crippen molar-refractivity contribution in [3.63, 3.8) is 0 Å². The Kier molecular flexibility index (Phi) is 6.46. The standard InChI is InChI=1S/C16H22ClFN2O2/c17-14-5-2-6-15(18)13(14)7-8-19-16(22)20-10-11-3-1-4-12(21)9-11/h2,5-6,11-12,21H,1,3-4,7-10H2,(H2,19,20,22). The SMILES string of the molecule is O=C(NCCc1c(F)cccc1Cl)NCC1CCCC(O)C1. The van der Waals surface area contributed by atoms with Crippen LogP contribution in [0.3, 0.4) is 0 Å². The van der Waals surface area contributed by atoms with Gasteiger partial charge in [0.05, 0.1) is 6.10 Å². The summed E-state index contributed by atoms with van der Waals surface area (Å²) in [7, 11) is 0. The summed E-state index contributed by atoms with van der Waals surface area (Å²) >= 11 is 5.93. The molecule has 0 bridgehead atoms. The molecule has 6 heteroatoms. The zero-order chi connectivity index (χ0) is 15.9. The number of hydrogen-bond acceptors (Lipinski definition) is 2. The monoisotopic (exact) mass is 328 g/mol. The van der Waals surface area contributed by atoms with E-state index in [2.05, 4.69) is 10.6 Å². The summed E-state index contributed by atoms with van der Waals surface area (Å²) in [6, 6.07) is 4.27. The van der Waals surface area contributed by atoms with Gasteiger partial charge in [-0.2, -0.15) is 0 Å². The van der Waals surface area contributed by atoms with Gasteiger partial charge in [0.25, 0.3) is 0 Å². The van der Waals surface area contributed by atoms with Gasteiger partial charge in [0.1, 0.15) is 5.82 Å². The third-order valence-electron chi connectivity index (χ3n) is 4.03. The molecule has 1 saturated carbocycles. The molecule has 0 aromatic heterocycles. The summed E-state index contributed by atoms with van der Waals surface area (Å²) in [4.78, 5) is 11.7. The summed E-state index contributed by atoms with van der Waals surface area (Å²) in [5.74, 6) is -0.0265. The minimum Gasteiger partial charge on any atom is -0.393 e. The zero-order valence-corrected chi connectivity index (χ0v) is 13.2. The fourth-order valence-corrected chi connectivity index (χ4v) is 3.08. The van der Waals surface area contributed by atoms with Gasteiger partial charge < -0.3 is 15.7 Å². The van der Waals surface area contributed by atoms with E-state index in [0.29, 0.717) is 36.0 Å². The smallest absolute Gasteiger partial charge is 0.314 e. The van der Waals surface area contributed by atoms with Crippen molar-refractivity contribution in [2.24, 2.45) is 5.92 Å². The predicted molar refractivity (Wildman–Crippen MR) is 84.5 cm³/mol. The van der Waals surface area contributed by atoms with Gasteiger partial charge in [0.15, 0.2) is 0 Å². The Morgan fingerprint density at radius 3 is 2.91 bits per heavy atom. The van der Waals surface area contributed by atoms with Crippen LogP contribution in [0.2, 0.25) is 5.02 Å². The van der Waals surface area contributed by atoms with Gasteiger partial charge in [-0.15, -0.1) is 0 Å². The molecule has 1 aromatic rings. The number of rotatable bonds is 5. The van der Waals surface area contributed by atoms with Crippen molar-refractivity contribution in [3.05, 3.63) is 34.6 Å². The zero-order valence-electron chi connectivity index (χ0n) is 12.4. The first-order valence-corrected chi connectivity index (χ1v) is 8.06. The van der Waals surface area contributed by atoms with E-state index in [4.69, 9.17) is 11.6 Å². The summed E-state index contributed by atoms with van der Waals surface area (Å²) < 4.78 is 13.6. The van der Waals surface area contributed by atoms with Crippen LogP contribution in [0, 0.1) is 11.7 Å². The Hall–Kier alpha value is -1.33. The first kappa shape index (κ1) is 17.0. The van der Waals surface area contributed by atoms with Crippen LogP contribution in [-0.4, -0.2) is 30.3 Å². The van der Waals surface area contributed by atoms with Gasteiger partial charge in [0, 0.05) is 23.7 Å². The van der Waals surface area contributed by atoms with Crippen LogP contribution in [-0.2, 0) is 6.42 Å². The second kappa shape index (κ2) is 8.34. The van der Waals surface area contributed by atoms with Crippen LogP contribution in [0.5, 0.6) is 0 Å². The molecule has 3 N–H and O–H groups in total. The van der Waals surface area contributed by atoms with E-state index in [-0.39, 0.29) is 18.0 Å². The number of amides is 2. The largest absolute Gasteiger partial charge is 0.393 e. The number of carbonyl (C=O) groups is 1. The van der Waals surface area contributed by atoms with E-state index in [1.807, 2.05) is 0 Å². The number of aliphatic hydroxyl groups is 1. The first-order chi connectivity index (χ1) is 10.6. The van der Waals surface area contributed by atoms with Gasteiger partial charge in [-0.05, 0) is 43.7 Å². The Labute approximate surface area is 135 Å². The molecule has 2 amide bonds. The third-order valence-corrected chi connectivity index (χ3v) is 4.38. The lowest BCUT2D eigenvalue weighted by Crippen LogP contribution is -2.40. The highest BCUT2D eigenvalue weighted by atomic mass is 35.5. The highest BCUT2D eigenvalue weighted by molar-refractivity contribution is 6.31. The van der Waals surface area contributed by atoms with Crippen LogP contribution in [0.15, 0.2) is 18.2 Å². The number of nitrogens with one attached hydrogen (secondary N) is 2. The molecule has 122 valence electrons. The molecule has 0 radical (unpaired) electrons. The molecule has 2 atom stereocenters. The van der Waals surface area contributed by atoms with E-state index in [9.17, 15) is 14.3 Å². The normalized spacial score (nSPS) is 21.4. The Morgan fingerprint density at radius 2 is 2.18 bits per heavy atom. The fraction of sp³-hybridized carbons (Fsp3) is 0.562. The van der Waals surface area contributed by atoms with Gasteiger partial charge in [-0.25, -0.2) is 9.18 Å². The molecule has 0 heterocycles. The number of hydrogen-bond donors (Lipinski definition) is 3. The maximum atomic E-state index is 13.6. The quantitative estimate of drug-likeness (QED) is 0.778. The summed E-state index contributed by atoms with van der Waals surface area (Å²) in [6.45, 7) is 0.878. The van der Waals surface area contributed by atoms with Crippen molar-refractivity contribution in [3.8, 4) is 0 Å². The molecule has 0 spiro atoms. The first-order valence-electron chi connectivity index (χ1n) is 7.69. The van der Waals surface area contributed by atoms with Crippen LogP contribution >= 0.6 is 11.6 Å². The van der Waals surface area contributed by atoms with Crippen LogP contribution < -0.4 is 10.6 Å². The number of urea groups is 1. The average Bonchev–Trinajstić information content (AvgIpc) is 2.48. The molecule has 22 heavy (non-hydrogen) atoms. The Morgan fingerprint density at radius 1 is 1.36 bits per heavy atom. The molecule has 0 aliphatic heterocycles. The lowest BCUT2D eigenvalue weighted by molar-refractivity contribution is 0.101. The summed E-state index contributed by atoms with van der Waals surface area (Å²) in [5.41, 5.74) is 0.417. The highest BCUT2D eigenvalue weighted by Gasteiger charge is 2.20. The molecule has 1 aliphatic rings. The van der Waals surface area contributed by atoms with E-state index in [1.54, 1.807) is 12.1 Å². The van der Waals surface area contributed by atoms with Gasteiger partial charge in [0.2, 0.25) is 0 Å². The van der Waals surface area contributed by atoms with Crippen LogP contribution in [0.1, 0.15) is 31.2 Å². The molecular formula is C16H22ClFN2O2. The number of halogens is 2. The molecule has 1 fully saturated rings. The Balaban J connectivity index is 1.67. The molecule has 0 saturated heterocycles. The van der Waals surface area contributed by atoms with E-state index < -0.39 is 0 Å². The molecule has 2 rings (SSSR count). The third kappa shape index (κ3) is 5.14. The van der Waals surface area contributed by atoms with Crippen LogP contribution in [0.25, 0.3) is 0 Å². The van der Waals surface area contributed by atoms with Gasteiger partial charge in [-0.3, -0.25) is 0 Å². The van der Waals surface area contributed by atoms with Crippen LogP contribution in [0.4, 0.5) is 9.18 Å². The highest BCUT2D eigenvalue weighted by Crippen LogP contribution is 2.23. The Bertz CT molecular complexity index is 493. The van der Waals surface area contributed by atoms with Crippen molar-refractivity contribution in [1.29, 1.82) is 0 Å². The van der Waals surface area contributed by atoms with Crippen molar-refractivity contribution < 1.29 is 14.3 Å². The average molecular weight is 329 g/mol. The summed E-state index contributed by atoms with van der Waals surface area (Å²) in [6.07, 6.45) is 3.73. The van der Waals surface area contributed by atoms with Gasteiger partial charge >= 0.3 is 6.03 Å². The topological polar surface area (TPSA) is 61.4 Å². The maximum absolute atomic E-state index is 13.6. The lowest BCUT2D eigenvalue weighted by Gasteiger charge is -2.25. The molecule has 4 nitrogen and oxygen atoms in total. The number of carbonyl (C=O) groups excluding carboxylic acids is 1. The second-order valence-corrected chi connectivity index (χ2v) is 6.18. The fourth-order valence-electron chi connectivity index (χ4n) is 2.82. The van der Waals surface area contributed by atoms with E-state index in [1.165, 1.54) is 6.07 Å². The van der Waals surface area contributed by atoms with Crippen molar-refractivity contribution >= 4 is 17.6 Å². The lowest BCUT2D eigenvalue weighted by atomic mass is 9.87. The van der Waals surface area contributed by atoms with E-state index >= 15 is 0 Å². The number of benzene rings is 1. The number of aliphatic hydroxyl groups excluding tert-OH is 1. The molecule has 1 aliphatic carbocycles. The molecular weight excluding hydrogens is 307 g/mol. The molecule has 2 unspecified atom stereocenters. The minimum absolute atomic E-state index is 0.244. The molecule has 1 aromatic carbocycles. The predicted octanol–water partition coefficient (Wildman–Crippen LogP) is 2.87. The van der Waals surface area contributed by atoms with Crippen molar-refractivity contribution in [1.82, 2.24) is 10.6 Å². The second-order valence-electron chi connectivity index (χ2n) is 5.77.